The molecule has 0 aromatic carbocycles. The second-order valence-electron chi connectivity index (χ2n) is 3.71. The van der Waals surface area contributed by atoms with Crippen molar-refractivity contribution in [1.29, 1.82) is 0 Å². The Labute approximate surface area is 88.6 Å². The van der Waals surface area contributed by atoms with E-state index in [1.165, 1.54) is 37.2 Å². The van der Waals surface area contributed by atoms with Crippen molar-refractivity contribution < 1.29 is 0 Å². The predicted octanol–water partition coefficient (Wildman–Crippen LogP) is 1.15. The van der Waals surface area contributed by atoms with Crippen LogP contribution in [0.1, 0.15) is 25.1 Å². The summed E-state index contributed by atoms with van der Waals surface area (Å²) < 4.78 is 1.93. The van der Waals surface area contributed by atoms with Gasteiger partial charge in [-0.3, -0.25) is 14.7 Å². The van der Waals surface area contributed by atoms with Crippen molar-refractivity contribution in [2.45, 2.75) is 24.4 Å². The van der Waals surface area contributed by atoms with Crippen LogP contribution in [0.3, 0.4) is 0 Å². The van der Waals surface area contributed by atoms with Crippen LogP contribution in [0.4, 0.5) is 0 Å². The van der Waals surface area contributed by atoms with E-state index in [1.807, 2.05) is 11.7 Å². The molecule has 1 aromatic heterocycles. The highest BCUT2D eigenvalue weighted by Crippen LogP contribution is 2.26. The first kappa shape index (κ1) is 10.0. The minimum atomic E-state index is 0.460. The maximum absolute atomic E-state index is 5.48. The van der Waals surface area contributed by atoms with E-state index in [9.17, 15) is 0 Å². The first-order valence-electron chi connectivity index (χ1n) is 4.87. The first-order chi connectivity index (χ1) is 6.72. The van der Waals surface area contributed by atoms with Gasteiger partial charge in [-0.05, 0) is 31.4 Å². The first-order valence-corrected chi connectivity index (χ1v) is 5.75. The number of aromatic nitrogens is 2. The summed E-state index contributed by atoms with van der Waals surface area (Å²) in [4.78, 5) is 2.45. The molecule has 1 aliphatic heterocycles. The summed E-state index contributed by atoms with van der Waals surface area (Å²) in [5.74, 6) is 0. The zero-order chi connectivity index (χ0) is 10.1. The van der Waals surface area contributed by atoms with E-state index in [1.54, 1.807) is 0 Å². The summed E-state index contributed by atoms with van der Waals surface area (Å²) in [7, 11) is 1.98. The van der Waals surface area contributed by atoms with Crippen LogP contribution in [0.2, 0.25) is 0 Å². The summed E-state index contributed by atoms with van der Waals surface area (Å²) >= 11 is 1.21. The highest BCUT2D eigenvalue weighted by Gasteiger charge is 2.24. The fraction of sp³-hybridized carbons (Fsp3) is 0.667. The Morgan fingerprint density at radius 3 is 2.71 bits per heavy atom. The maximum Gasteiger partial charge on any atom is 0.133 e. The molecule has 1 aromatic rings. The van der Waals surface area contributed by atoms with Crippen molar-refractivity contribution in [2.75, 3.05) is 13.1 Å². The van der Waals surface area contributed by atoms with Gasteiger partial charge in [-0.25, -0.2) is 0 Å². The van der Waals surface area contributed by atoms with Gasteiger partial charge in [0.25, 0.3) is 0 Å². The molecule has 1 fully saturated rings. The minimum Gasteiger partial charge on any atom is -0.295 e. The van der Waals surface area contributed by atoms with Gasteiger partial charge >= 0.3 is 0 Å². The monoisotopic (exact) mass is 212 g/mol. The smallest absolute Gasteiger partial charge is 0.133 e. The standard InChI is InChI=1S/C9H16N4S/c1-7(13-4-3-5-13)8-6-9(14-10)11-12(8)2/h6-7H,3-5,10H2,1-2H3. The predicted molar refractivity (Wildman–Crippen MR) is 57.9 cm³/mol. The van der Waals surface area contributed by atoms with Crippen molar-refractivity contribution in [1.82, 2.24) is 14.7 Å². The Bertz CT molecular complexity index is 319. The molecule has 0 radical (unpaired) electrons. The SMILES string of the molecule is CC(c1cc(SN)nn1C)N1CCC1. The fourth-order valence-electron chi connectivity index (χ4n) is 1.82. The molecule has 0 amide bonds. The van der Waals surface area contributed by atoms with Crippen LogP contribution in [-0.2, 0) is 7.05 Å². The second-order valence-corrected chi connectivity index (χ2v) is 4.37. The number of rotatable bonds is 3. The third-order valence-corrected chi connectivity index (χ3v) is 3.32. The van der Waals surface area contributed by atoms with Crippen molar-refractivity contribution in [2.24, 2.45) is 12.2 Å². The van der Waals surface area contributed by atoms with Crippen LogP contribution in [0.5, 0.6) is 0 Å². The number of aryl methyl sites for hydroxylation is 1. The van der Waals surface area contributed by atoms with Gasteiger partial charge in [0, 0.05) is 26.2 Å². The molecule has 78 valence electrons. The third-order valence-electron chi connectivity index (χ3n) is 2.88. The van der Waals surface area contributed by atoms with Gasteiger partial charge in [0.15, 0.2) is 0 Å². The highest BCUT2D eigenvalue weighted by molar-refractivity contribution is 7.97. The summed E-state index contributed by atoms with van der Waals surface area (Å²) in [6.45, 7) is 4.63. The lowest BCUT2D eigenvalue weighted by Crippen LogP contribution is -2.39. The second kappa shape index (κ2) is 3.92. The van der Waals surface area contributed by atoms with E-state index in [0.717, 1.165) is 5.03 Å². The molecule has 2 N–H and O–H groups in total. The summed E-state index contributed by atoms with van der Waals surface area (Å²) in [5.41, 5.74) is 1.25. The number of hydrogen-bond acceptors (Lipinski definition) is 4. The molecule has 2 rings (SSSR count). The maximum atomic E-state index is 5.48. The molecule has 1 atom stereocenters. The number of nitrogens with two attached hydrogens (primary N) is 1. The van der Waals surface area contributed by atoms with Gasteiger partial charge in [0.2, 0.25) is 0 Å². The molecule has 4 nitrogen and oxygen atoms in total. The van der Waals surface area contributed by atoms with Crippen LogP contribution < -0.4 is 5.14 Å². The lowest BCUT2D eigenvalue weighted by molar-refractivity contribution is 0.123. The zero-order valence-corrected chi connectivity index (χ0v) is 9.42. The van der Waals surface area contributed by atoms with Crippen LogP contribution in [0.25, 0.3) is 0 Å². The van der Waals surface area contributed by atoms with Crippen LogP contribution in [-0.4, -0.2) is 27.8 Å². The van der Waals surface area contributed by atoms with Crippen molar-refractivity contribution in [3.63, 3.8) is 0 Å². The summed E-state index contributed by atoms with van der Waals surface area (Å²) in [6.07, 6.45) is 1.32. The van der Waals surface area contributed by atoms with Crippen molar-refractivity contribution in [3.8, 4) is 0 Å². The Morgan fingerprint density at radius 2 is 2.29 bits per heavy atom. The van der Waals surface area contributed by atoms with E-state index >= 15 is 0 Å². The molecule has 0 bridgehead atoms. The van der Waals surface area contributed by atoms with Gasteiger partial charge in [-0.2, -0.15) is 5.10 Å². The molecule has 1 unspecified atom stereocenters. The molecule has 0 aliphatic carbocycles. The lowest BCUT2D eigenvalue weighted by Gasteiger charge is -2.36. The number of hydrogen-bond donors (Lipinski definition) is 1. The normalized spacial score (nSPS) is 19.4. The molecule has 0 saturated carbocycles. The number of nitrogens with zero attached hydrogens (tertiary/aromatic N) is 3. The van der Waals surface area contributed by atoms with Gasteiger partial charge < -0.3 is 0 Å². The van der Waals surface area contributed by atoms with Gasteiger partial charge in [-0.1, -0.05) is 0 Å². The van der Waals surface area contributed by atoms with E-state index in [4.69, 9.17) is 5.14 Å². The van der Waals surface area contributed by atoms with E-state index in [2.05, 4.69) is 23.0 Å². The summed E-state index contributed by atoms with van der Waals surface area (Å²) in [5, 5.41) is 10.7. The topological polar surface area (TPSA) is 47.1 Å². The average molecular weight is 212 g/mol. The molecule has 1 saturated heterocycles. The summed E-state index contributed by atoms with van der Waals surface area (Å²) in [6, 6.07) is 2.54. The molecular formula is C9H16N4S. The van der Waals surface area contributed by atoms with Crippen LogP contribution in [0.15, 0.2) is 11.1 Å². The van der Waals surface area contributed by atoms with Crippen LogP contribution >= 0.6 is 11.9 Å². The van der Waals surface area contributed by atoms with Crippen molar-refractivity contribution in [3.05, 3.63) is 11.8 Å². The molecule has 0 spiro atoms. The van der Waals surface area contributed by atoms with Gasteiger partial charge in [0.1, 0.15) is 5.03 Å². The number of likely N-dealkylation sites (tertiary alicyclic amines) is 1. The van der Waals surface area contributed by atoms with E-state index in [0.29, 0.717) is 6.04 Å². The molecule has 2 heterocycles. The lowest BCUT2D eigenvalue weighted by atomic mass is 10.1. The Kier molecular flexibility index (Phi) is 2.80. The van der Waals surface area contributed by atoms with Crippen LogP contribution in [0, 0.1) is 0 Å². The van der Waals surface area contributed by atoms with Gasteiger partial charge in [0.05, 0.1) is 5.69 Å². The Morgan fingerprint density at radius 1 is 1.57 bits per heavy atom. The molecular weight excluding hydrogens is 196 g/mol. The zero-order valence-electron chi connectivity index (χ0n) is 8.60. The van der Waals surface area contributed by atoms with Crippen molar-refractivity contribution >= 4 is 11.9 Å². The molecule has 14 heavy (non-hydrogen) atoms. The average Bonchev–Trinajstić information content (AvgIpc) is 2.43. The van der Waals surface area contributed by atoms with E-state index < -0.39 is 0 Å². The molecule has 1 aliphatic rings. The molecule has 5 heteroatoms. The van der Waals surface area contributed by atoms with E-state index in [-0.39, 0.29) is 0 Å². The Hall–Kier alpha value is -0.520. The quantitative estimate of drug-likeness (QED) is 0.764. The fourth-order valence-corrected chi connectivity index (χ4v) is 2.18. The Balaban J connectivity index is 2.17. The third kappa shape index (κ3) is 1.67. The minimum absolute atomic E-state index is 0.460. The highest BCUT2D eigenvalue weighted by atomic mass is 32.2. The largest absolute Gasteiger partial charge is 0.295 e. The van der Waals surface area contributed by atoms with Gasteiger partial charge in [-0.15, -0.1) is 0 Å².